The van der Waals surface area contributed by atoms with E-state index < -0.39 is 28.1 Å². The van der Waals surface area contributed by atoms with Crippen LogP contribution in [0.15, 0.2) is 65.8 Å². The van der Waals surface area contributed by atoms with Gasteiger partial charge in [0.2, 0.25) is 10.0 Å². The van der Waals surface area contributed by atoms with Crippen LogP contribution in [0.3, 0.4) is 0 Å². The normalized spacial score (nSPS) is 18.2. The van der Waals surface area contributed by atoms with Crippen molar-refractivity contribution in [3.63, 3.8) is 0 Å². The molecule has 1 unspecified atom stereocenters. The maximum Gasteiger partial charge on any atom is 0.325 e. The summed E-state index contributed by atoms with van der Waals surface area (Å²) in [6, 6.07) is 12.2. The number of sulfonamides is 1. The molecule has 5 rings (SSSR count). The smallest absolute Gasteiger partial charge is 0.325 e. The van der Waals surface area contributed by atoms with E-state index in [0.717, 1.165) is 12.8 Å². The van der Waals surface area contributed by atoms with Gasteiger partial charge in [-0.2, -0.15) is 9.04 Å². The molecule has 12 heteroatoms. The minimum Gasteiger partial charge on any atom is -0.619 e. The summed E-state index contributed by atoms with van der Waals surface area (Å²) in [5, 5.41) is 12.1. The van der Waals surface area contributed by atoms with E-state index in [4.69, 9.17) is 37.4 Å². The molecular weight excluding hydrogens is 591 g/mol. The summed E-state index contributed by atoms with van der Waals surface area (Å²) in [5.74, 6) is 0.830. The van der Waals surface area contributed by atoms with Gasteiger partial charge in [0.25, 0.3) is 0 Å². The van der Waals surface area contributed by atoms with E-state index in [-0.39, 0.29) is 27.9 Å². The molecule has 41 heavy (non-hydrogen) atoms. The van der Waals surface area contributed by atoms with Crippen molar-refractivity contribution in [2.45, 2.75) is 49.1 Å². The van der Waals surface area contributed by atoms with Crippen molar-refractivity contribution in [3.05, 3.63) is 87.3 Å². The number of esters is 1. The highest BCUT2D eigenvalue weighted by molar-refractivity contribution is 7.89. The minimum absolute atomic E-state index is 0.0385. The van der Waals surface area contributed by atoms with E-state index in [0.29, 0.717) is 52.7 Å². The predicted octanol–water partition coefficient (Wildman–Crippen LogP) is 5.10. The van der Waals surface area contributed by atoms with Crippen molar-refractivity contribution in [2.24, 2.45) is 5.92 Å². The van der Waals surface area contributed by atoms with Gasteiger partial charge in [-0.15, -0.1) is 0 Å². The summed E-state index contributed by atoms with van der Waals surface area (Å²) in [6.07, 6.45) is 4.51. The Labute approximate surface area is 249 Å². The first-order valence-electron chi connectivity index (χ1n) is 13.3. The molecule has 2 fully saturated rings. The molecule has 0 spiro atoms. The molecule has 1 aliphatic heterocycles. The molecule has 2 aliphatic rings. The van der Waals surface area contributed by atoms with Crippen LogP contribution in [0.25, 0.3) is 0 Å². The Morgan fingerprint density at radius 2 is 1.78 bits per heavy atom. The molecule has 0 amide bonds. The number of benzene rings is 2. The molecule has 2 heterocycles. The van der Waals surface area contributed by atoms with Crippen LogP contribution in [0.2, 0.25) is 10.0 Å². The molecule has 218 valence electrons. The molecule has 0 radical (unpaired) electrons. The Hall–Kier alpha value is -3.05. The molecule has 0 N–H and O–H groups in total. The highest BCUT2D eigenvalue weighted by Crippen LogP contribution is 2.38. The molecule has 1 saturated heterocycles. The SMILES string of the molecule is COc1ccc([C@H](Cc2c(Cl)c[n+]([O-])cc2Cl)OC(=O)C2CCCN2S(=O)(=O)c2ccccc2)cc1OCC1CC1. The number of hydrogen-bond donors (Lipinski definition) is 0. The molecule has 9 nitrogen and oxygen atoms in total. The van der Waals surface area contributed by atoms with Gasteiger partial charge in [0, 0.05) is 18.5 Å². The Bertz CT molecular complexity index is 1490. The number of aromatic nitrogens is 1. The van der Waals surface area contributed by atoms with E-state index in [1.54, 1.807) is 43.5 Å². The maximum absolute atomic E-state index is 13.7. The quantitative estimate of drug-likeness (QED) is 0.166. The van der Waals surface area contributed by atoms with Crippen molar-refractivity contribution in [1.82, 2.24) is 4.31 Å². The van der Waals surface area contributed by atoms with Gasteiger partial charge >= 0.3 is 5.97 Å². The summed E-state index contributed by atoms with van der Waals surface area (Å²) in [7, 11) is -2.38. The molecular formula is C29H30Cl2N2O7S. The lowest BCUT2D eigenvalue weighted by Gasteiger charge is -2.26. The zero-order valence-electron chi connectivity index (χ0n) is 22.4. The second-order valence-corrected chi connectivity index (χ2v) is 12.9. The van der Waals surface area contributed by atoms with E-state index in [9.17, 15) is 18.4 Å². The van der Waals surface area contributed by atoms with Gasteiger partial charge in [0.1, 0.15) is 22.2 Å². The summed E-state index contributed by atoms with van der Waals surface area (Å²) in [6.45, 7) is 0.738. The highest BCUT2D eigenvalue weighted by Gasteiger charge is 2.41. The number of hydrogen-bond acceptors (Lipinski definition) is 7. The zero-order chi connectivity index (χ0) is 29.1. The highest BCUT2D eigenvalue weighted by atomic mass is 35.5. The van der Waals surface area contributed by atoms with Crippen LogP contribution in [0, 0.1) is 11.1 Å². The largest absolute Gasteiger partial charge is 0.619 e. The van der Waals surface area contributed by atoms with Crippen LogP contribution in [-0.2, 0) is 26.0 Å². The molecule has 0 bridgehead atoms. The average Bonchev–Trinajstić information content (AvgIpc) is 3.65. The van der Waals surface area contributed by atoms with Crippen molar-refractivity contribution < 1.29 is 32.2 Å². The Morgan fingerprint density at radius 3 is 2.44 bits per heavy atom. The van der Waals surface area contributed by atoms with Crippen LogP contribution in [-0.4, -0.2) is 45.0 Å². The number of methoxy groups -OCH3 is 1. The third kappa shape index (κ3) is 6.72. The van der Waals surface area contributed by atoms with Crippen LogP contribution < -0.4 is 14.2 Å². The predicted molar refractivity (Wildman–Crippen MR) is 153 cm³/mol. The van der Waals surface area contributed by atoms with Crippen LogP contribution in [0.4, 0.5) is 0 Å². The van der Waals surface area contributed by atoms with E-state index >= 15 is 0 Å². The fourth-order valence-electron chi connectivity index (χ4n) is 4.85. The lowest BCUT2D eigenvalue weighted by Crippen LogP contribution is -2.41. The first kappa shape index (κ1) is 29.4. The third-order valence-electron chi connectivity index (χ3n) is 7.26. The fraction of sp³-hybridized carbons (Fsp3) is 0.379. The van der Waals surface area contributed by atoms with Gasteiger partial charge in [0.15, 0.2) is 23.9 Å². The number of halogens is 2. The topological polar surface area (TPSA) is 109 Å². The molecule has 1 aromatic heterocycles. The van der Waals surface area contributed by atoms with Crippen molar-refractivity contribution in [1.29, 1.82) is 0 Å². The van der Waals surface area contributed by atoms with Crippen LogP contribution in [0.5, 0.6) is 11.5 Å². The van der Waals surface area contributed by atoms with Gasteiger partial charge in [-0.1, -0.05) is 47.5 Å². The number of rotatable bonds is 11. The minimum atomic E-state index is -3.92. The lowest BCUT2D eigenvalue weighted by molar-refractivity contribution is -0.605. The summed E-state index contributed by atoms with van der Waals surface area (Å²) >= 11 is 12.7. The number of carbonyl (C=O) groups is 1. The number of nitrogens with zero attached hydrogens (tertiary/aromatic N) is 2. The number of carbonyl (C=O) groups excluding carboxylic acids is 1. The second-order valence-electron chi connectivity index (χ2n) is 10.2. The van der Waals surface area contributed by atoms with Gasteiger partial charge in [0.05, 0.1) is 18.6 Å². The van der Waals surface area contributed by atoms with E-state index in [1.165, 1.54) is 28.8 Å². The zero-order valence-corrected chi connectivity index (χ0v) is 24.7. The van der Waals surface area contributed by atoms with Crippen LogP contribution in [0.1, 0.15) is 42.9 Å². The summed E-state index contributed by atoms with van der Waals surface area (Å²) in [5.41, 5.74) is 0.987. The third-order valence-corrected chi connectivity index (χ3v) is 9.84. The van der Waals surface area contributed by atoms with Gasteiger partial charge in [-0.3, -0.25) is 4.79 Å². The first-order chi connectivity index (χ1) is 19.7. The lowest BCUT2D eigenvalue weighted by atomic mass is 10.0. The molecule has 3 aromatic rings. The monoisotopic (exact) mass is 620 g/mol. The maximum atomic E-state index is 13.7. The fourth-order valence-corrected chi connectivity index (χ4v) is 7.11. The molecule has 1 aliphatic carbocycles. The Kier molecular flexibility index (Phi) is 8.94. The van der Waals surface area contributed by atoms with E-state index in [1.807, 2.05) is 0 Å². The number of ether oxygens (including phenoxy) is 3. The van der Waals surface area contributed by atoms with Gasteiger partial charge in [-0.25, -0.2) is 8.42 Å². The Morgan fingerprint density at radius 1 is 1.07 bits per heavy atom. The van der Waals surface area contributed by atoms with Crippen LogP contribution >= 0.6 is 23.2 Å². The van der Waals surface area contributed by atoms with E-state index in [2.05, 4.69) is 0 Å². The molecule has 1 saturated carbocycles. The van der Waals surface area contributed by atoms with Gasteiger partial charge in [-0.05, 0) is 61.4 Å². The van der Waals surface area contributed by atoms with Crippen molar-refractivity contribution in [2.75, 3.05) is 20.3 Å². The van der Waals surface area contributed by atoms with Crippen molar-refractivity contribution >= 4 is 39.2 Å². The number of pyridine rings is 1. The van der Waals surface area contributed by atoms with Gasteiger partial charge < -0.3 is 19.4 Å². The Balaban J connectivity index is 1.46. The first-order valence-corrected chi connectivity index (χ1v) is 15.5. The molecule has 2 atom stereocenters. The summed E-state index contributed by atoms with van der Waals surface area (Å²) in [4.78, 5) is 13.8. The van der Waals surface area contributed by atoms with Crippen molar-refractivity contribution in [3.8, 4) is 11.5 Å². The summed E-state index contributed by atoms with van der Waals surface area (Å²) < 4.78 is 46.0. The average molecular weight is 622 g/mol. The standard InChI is InChI=1S/C29H30Cl2N2O7S/c1-38-26-12-11-20(14-28(26)39-18-19-9-10-19)27(15-22-23(30)16-32(35)17-24(22)31)40-29(34)25-8-5-13-33(25)41(36,37)21-6-3-2-4-7-21/h2-4,6-7,11-12,14,16-17,19,25,27H,5,8-10,13,15,18H2,1H3/t25?,27-/m0/s1. The second kappa shape index (κ2) is 12.4. The molecule has 2 aromatic carbocycles.